The van der Waals surface area contributed by atoms with Gasteiger partial charge >= 0.3 is 0 Å². The number of hydrogen-bond acceptors (Lipinski definition) is 3. The molecular formula is C21H22N2O2S. The molecule has 0 saturated carbocycles. The van der Waals surface area contributed by atoms with Gasteiger partial charge < -0.3 is 10.1 Å². The zero-order valence-electron chi connectivity index (χ0n) is 15.2. The van der Waals surface area contributed by atoms with E-state index in [4.69, 9.17) is 17.0 Å². The molecule has 1 heterocycles. The molecule has 1 aliphatic rings. The highest BCUT2D eigenvalue weighted by Crippen LogP contribution is 2.28. The van der Waals surface area contributed by atoms with Crippen molar-refractivity contribution in [2.45, 2.75) is 33.3 Å². The number of aryl methyl sites for hydroxylation is 1. The summed E-state index contributed by atoms with van der Waals surface area (Å²) in [6.45, 7) is 6.01. The number of carbonyl (C=O) groups is 1. The Morgan fingerprint density at radius 2 is 1.85 bits per heavy atom. The number of nitrogens with one attached hydrogen (secondary N) is 1. The second kappa shape index (κ2) is 7.70. The van der Waals surface area contributed by atoms with E-state index in [0.717, 1.165) is 29.0 Å². The summed E-state index contributed by atoms with van der Waals surface area (Å²) in [7, 11) is 0. The van der Waals surface area contributed by atoms with E-state index in [-0.39, 0.29) is 12.0 Å². The number of thiocarbonyl (C=S) groups is 1. The van der Waals surface area contributed by atoms with E-state index in [9.17, 15) is 4.79 Å². The molecule has 1 aliphatic heterocycles. The number of carbonyl (C=O) groups excluding carboxylic acids is 1. The first-order valence-corrected chi connectivity index (χ1v) is 9.12. The van der Waals surface area contributed by atoms with Gasteiger partial charge in [0.1, 0.15) is 11.4 Å². The maximum Gasteiger partial charge on any atom is 0.281 e. The molecule has 1 saturated heterocycles. The normalized spacial score (nSPS) is 15.7. The molecule has 0 unspecified atom stereocenters. The maximum atomic E-state index is 13.0. The van der Waals surface area contributed by atoms with E-state index >= 15 is 0 Å². The van der Waals surface area contributed by atoms with Crippen molar-refractivity contribution in [2.75, 3.05) is 4.90 Å². The van der Waals surface area contributed by atoms with Crippen molar-refractivity contribution in [1.82, 2.24) is 5.32 Å². The highest BCUT2D eigenvalue weighted by Gasteiger charge is 2.33. The van der Waals surface area contributed by atoms with Gasteiger partial charge in [0.15, 0.2) is 5.11 Å². The number of rotatable bonds is 5. The number of para-hydroxylation sites is 2. The first kappa shape index (κ1) is 18.1. The molecule has 5 heteroatoms. The van der Waals surface area contributed by atoms with Gasteiger partial charge in [-0.05, 0) is 56.3 Å². The van der Waals surface area contributed by atoms with Crippen LogP contribution in [0.2, 0.25) is 0 Å². The molecule has 0 aromatic heterocycles. The Morgan fingerprint density at radius 3 is 2.58 bits per heavy atom. The van der Waals surface area contributed by atoms with Crippen LogP contribution < -0.4 is 15.0 Å². The molecule has 2 aromatic carbocycles. The summed E-state index contributed by atoms with van der Waals surface area (Å²) in [6, 6.07) is 15.5. The average Bonchev–Trinajstić information content (AvgIpc) is 2.89. The van der Waals surface area contributed by atoms with Gasteiger partial charge in [0, 0.05) is 5.56 Å². The Balaban J connectivity index is 1.96. The first-order valence-electron chi connectivity index (χ1n) is 8.72. The third-order valence-corrected chi connectivity index (χ3v) is 4.36. The van der Waals surface area contributed by atoms with E-state index in [1.807, 2.05) is 62.4 Å². The van der Waals surface area contributed by atoms with Crippen molar-refractivity contribution < 1.29 is 9.53 Å². The van der Waals surface area contributed by atoms with Crippen LogP contribution in [-0.4, -0.2) is 17.1 Å². The van der Waals surface area contributed by atoms with Crippen molar-refractivity contribution in [3.63, 3.8) is 0 Å². The molecule has 134 valence electrons. The van der Waals surface area contributed by atoms with Crippen molar-refractivity contribution in [2.24, 2.45) is 0 Å². The molecule has 0 radical (unpaired) electrons. The van der Waals surface area contributed by atoms with Gasteiger partial charge in [-0.15, -0.1) is 0 Å². The smallest absolute Gasteiger partial charge is 0.281 e. The van der Waals surface area contributed by atoms with E-state index < -0.39 is 0 Å². The molecule has 0 aliphatic carbocycles. The average molecular weight is 366 g/mol. The topological polar surface area (TPSA) is 41.6 Å². The maximum absolute atomic E-state index is 13.0. The summed E-state index contributed by atoms with van der Waals surface area (Å²) in [5.41, 5.74) is 3.19. The Labute approximate surface area is 159 Å². The number of ether oxygens (including phenoxy) is 1. The molecule has 0 atom stereocenters. The number of hydrogen-bond donors (Lipinski definition) is 1. The predicted molar refractivity (Wildman–Crippen MR) is 109 cm³/mol. The SMILES string of the molecule is CCc1ccccc1N1C(=O)/C(=C\c2ccccc2OC(C)C)NC1=S. The number of amides is 1. The quantitative estimate of drug-likeness (QED) is 0.633. The Kier molecular flexibility index (Phi) is 5.38. The van der Waals surface area contributed by atoms with Gasteiger partial charge in [0.25, 0.3) is 5.91 Å². The lowest BCUT2D eigenvalue weighted by Crippen LogP contribution is -2.31. The van der Waals surface area contributed by atoms with Crippen LogP contribution in [0, 0.1) is 0 Å². The summed E-state index contributed by atoms with van der Waals surface area (Å²) >= 11 is 5.43. The first-order chi connectivity index (χ1) is 12.5. The van der Waals surface area contributed by atoms with Crippen LogP contribution in [0.15, 0.2) is 54.2 Å². The van der Waals surface area contributed by atoms with Crippen molar-refractivity contribution >= 4 is 35.0 Å². The van der Waals surface area contributed by atoms with Crippen LogP contribution in [0.3, 0.4) is 0 Å². The number of anilines is 1. The van der Waals surface area contributed by atoms with E-state index in [0.29, 0.717) is 10.8 Å². The fourth-order valence-electron chi connectivity index (χ4n) is 2.90. The third kappa shape index (κ3) is 3.63. The van der Waals surface area contributed by atoms with Crippen molar-refractivity contribution in [1.29, 1.82) is 0 Å². The van der Waals surface area contributed by atoms with E-state index in [1.165, 1.54) is 0 Å². The standard InChI is InChI=1S/C21H22N2O2S/c1-4-15-9-5-7-11-18(15)23-20(24)17(22-21(23)26)13-16-10-6-8-12-19(16)25-14(2)3/h5-14H,4H2,1-3H3,(H,22,26)/b17-13+. The van der Waals surface area contributed by atoms with Gasteiger partial charge in [-0.3, -0.25) is 9.69 Å². The number of benzene rings is 2. The summed E-state index contributed by atoms with van der Waals surface area (Å²) in [5, 5.41) is 3.44. The lowest BCUT2D eigenvalue weighted by molar-refractivity contribution is -0.113. The summed E-state index contributed by atoms with van der Waals surface area (Å²) in [5.74, 6) is 0.582. The number of nitrogens with zero attached hydrogens (tertiary/aromatic N) is 1. The summed E-state index contributed by atoms with van der Waals surface area (Å²) in [4.78, 5) is 14.6. The van der Waals surface area contributed by atoms with E-state index in [2.05, 4.69) is 12.2 Å². The second-order valence-corrected chi connectivity index (χ2v) is 6.70. The van der Waals surface area contributed by atoms with E-state index in [1.54, 1.807) is 11.0 Å². The third-order valence-electron chi connectivity index (χ3n) is 4.07. The molecule has 2 aromatic rings. The molecule has 0 bridgehead atoms. The molecule has 3 rings (SSSR count). The molecular weight excluding hydrogens is 344 g/mol. The zero-order valence-corrected chi connectivity index (χ0v) is 16.0. The fraction of sp³-hybridized carbons (Fsp3) is 0.238. The Bertz CT molecular complexity index is 874. The van der Waals surface area contributed by atoms with Crippen LogP contribution in [0.4, 0.5) is 5.69 Å². The monoisotopic (exact) mass is 366 g/mol. The van der Waals surface area contributed by atoms with Gasteiger partial charge in [0.2, 0.25) is 0 Å². The van der Waals surface area contributed by atoms with Gasteiger partial charge in [-0.25, -0.2) is 0 Å². The van der Waals surface area contributed by atoms with Crippen molar-refractivity contribution in [3.05, 3.63) is 65.4 Å². The lowest BCUT2D eigenvalue weighted by atomic mass is 10.1. The second-order valence-electron chi connectivity index (χ2n) is 6.32. The molecule has 26 heavy (non-hydrogen) atoms. The largest absolute Gasteiger partial charge is 0.490 e. The van der Waals surface area contributed by atoms with Gasteiger partial charge in [-0.1, -0.05) is 43.3 Å². The minimum Gasteiger partial charge on any atom is -0.490 e. The zero-order chi connectivity index (χ0) is 18.7. The predicted octanol–water partition coefficient (Wildman–Crippen LogP) is 4.30. The van der Waals surface area contributed by atoms with Crippen LogP contribution >= 0.6 is 12.2 Å². The Hall–Kier alpha value is -2.66. The summed E-state index contributed by atoms with van der Waals surface area (Å²) in [6.07, 6.45) is 2.67. The Morgan fingerprint density at radius 1 is 1.15 bits per heavy atom. The minimum absolute atomic E-state index is 0.0517. The highest BCUT2D eigenvalue weighted by molar-refractivity contribution is 7.80. The minimum atomic E-state index is -0.157. The highest BCUT2D eigenvalue weighted by atomic mass is 32.1. The molecule has 4 nitrogen and oxygen atoms in total. The fourth-order valence-corrected chi connectivity index (χ4v) is 3.19. The molecule has 1 N–H and O–H groups in total. The van der Waals surface area contributed by atoms with Gasteiger partial charge in [-0.2, -0.15) is 0 Å². The lowest BCUT2D eigenvalue weighted by Gasteiger charge is -2.17. The molecule has 1 fully saturated rings. The molecule has 1 amide bonds. The van der Waals surface area contributed by atoms with Gasteiger partial charge in [0.05, 0.1) is 11.8 Å². The summed E-state index contributed by atoms with van der Waals surface area (Å²) < 4.78 is 5.84. The molecule has 0 spiro atoms. The van der Waals surface area contributed by atoms with Crippen LogP contribution in [0.1, 0.15) is 31.9 Å². The van der Waals surface area contributed by atoms with Crippen LogP contribution in [-0.2, 0) is 11.2 Å². The van der Waals surface area contributed by atoms with Crippen molar-refractivity contribution in [3.8, 4) is 5.75 Å². The van der Waals surface area contributed by atoms with Crippen LogP contribution in [0.25, 0.3) is 6.08 Å². The van der Waals surface area contributed by atoms with Crippen LogP contribution in [0.5, 0.6) is 5.75 Å².